The lowest BCUT2D eigenvalue weighted by atomic mass is 10.1. The quantitative estimate of drug-likeness (QED) is 0.804. The van der Waals surface area contributed by atoms with Crippen LogP contribution in [0.15, 0.2) is 41.0 Å². The van der Waals surface area contributed by atoms with Crippen LogP contribution in [0.3, 0.4) is 0 Å². The van der Waals surface area contributed by atoms with Gasteiger partial charge in [0, 0.05) is 13.0 Å². The van der Waals surface area contributed by atoms with Crippen molar-refractivity contribution in [1.29, 1.82) is 0 Å². The minimum Gasteiger partial charge on any atom is -0.494 e. The number of carbonyl (C=O) groups is 1. The molecule has 100 valence electrons. The van der Waals surface area contributed by atoms with Crippen molar-refractivity contribution < 1.29 is 13.9 Å². The Bertz CT molecular complexity index is 550. The maximum atomic E-state index is 12.0. The molecule has 0 unspecified atom stereocenters. The lowest BCUT2D eigenvalue weighted by Crippen LogP contribution is -2.26. The van der Waals surface area contributed by atoms with Crippen LogP contribution in [-0.2, 0) is 6.42 Å². The Morgan fingerprint density at radius 1 is 1.37 bits per heavy atom. The number of nitrogens with one attached hydrogen (secondary N) is 1. The Hall–Kier alpha value is -2.43. The van der Waals surface area contributed by atoms with Gasteiger partial charge in [-0.25, -0.2) is 0 Å². The normalized spacial score (nSPS) is 10.2. The summed E-state index contributed by atoms with van der Waals surface area (Å²) in [5.74, 6) is 1.02. The van der Waals surface area contributed by atoms with Crippen LogP contribution in [0.2, 0.25) is 0 Å². The smallest absolute Gasteiger partial charge is 0.255 e. The molecule has 2 rings (SSSR count). The summed E-state index contributed by atoms with van der Waals surface area (Å²) in [7, 11) is 1.49. The highest BCUT2D eigenvalue weighted by Gasteiger charge is 2.13. The second-order valence-corrected chi connectivity index (χ2v) is 4.01. The Morgan fingerprint density at radius 3 is 2.89 bits per heavy atom. The first-order valence-electron chi connectivity index (χ1n) is 5.95. The van der Waals surface area contributed by atoms with E-state index in [0.29, 0.717) is 30.0 Å². The number of amides is 1. The zero-order valence-electron chi connectivity index (χ0n) is 10.7. The molecule has 0 saturated carbocycles. The average Bonchev–Trinajstić information content (AvgIpc) is 2.91. The van der Waals surface area contributed by atoms with Gasteiger partial charge in [0.15, 0.2) is 5.75 Å². The standard InChI is InChI=1S/C14H16N2O3/c1-18-13-11(5-2-6-12(13)15)14(17)16-8-7-10-4-3-9-19-10/h2-6,9H,7-8,15H2,1H3,(H,16,17). The van der Waals surface area contributed by atoms with Crippen molar-refractivity contribution in [2.75, 3.05) is 19.4 Å². The Morgan fingerprint density at radius 2 is 2.21 bits per heavy atom. The second-order valence-electron chi connectivity index (χ2n) is 4.01. The van der Waals surface area contributed by atoms with Crippen LogP contribution in [0.25, 0.3) is 0 Å². The highest BCUT2D eigenvalue weighted by molar-refractivity contribution is 5.98. The summed E-state index contributed by atoms with van der Waals surface area (Å²) in [6.07, 6.45) is 2.25. The number of benzene rings is 1. The number of hydrogen-bond acceptors (Lipinski definition) is 4. The zero-order chi connectivity index (χ0) is 13.7. The largest absolute Gasteiger partial charge is 0.494 e. The third-order valence-corrected chi connectivity index (χ3v) is 2.73. The molecule has 0 aliphatic heterocycles. The topological polar surface area (TPSA) is 77.5 Å². The SMILES string of the molecule is COc1c(N)cccc1C(=O)NCCc1ccco1. The fourth-order valence-corrected chi connectivity index (χ4v) is 1.81. The number of hydrogen-bond donors (Lipinski definition) is 2. The van der Waals surface area contributed by atoms with Crippen molar-refractivity contribution in [3.05, 3.63) is 47.9 Å². The Labute approximate surface area is 111 Å². The molecule has 0 spiro atoms. The van der Waals surface area contributed by atoms with E-state index in [1.165, 1.54) is 7.11 Å². The van der Waals surface area contributed by atoms with Gasteiger partial charge in [-0.2, -0.15) is 0 Å². The molecule has 1 amide bonds. The molecule has 2 aromatic rings. The molecule has 5 heteroatoms. The number of para-hydroxylation sites is 1. The number of ether oxygens (including phenoxy) is 1. The third kappa shape index (κ3) is 3.07. The molecule has 0 fully saturated rings. The van der Waals surface area contributed by atoms with Gasteiger partial charge in [0.05, 0.1) is 24.6 Å². The summed E-state index contributed by atoms with van der Waals surface area (Å²) in [5.41, 5.74) is 6.63. The van der Waals surface area contributed by atoms with Gasteiger partial charge in [-0.15, -0.1) is 0 Å². The summed E-state index contributed by atoms with van der Waals surface area (Å²) >= 11 is 0. The van der Waals surface area contributed by atoms with Crippen LogP contribution < -0.4 is 15.8 Å². The van der Waals surface area contributed by atoms with Crippen LogP contribution in [0.5, 0.6) is 5.75 Å². The molecular weight excluding hydrogens is 244 g/mol. The van der Waals surface area contributed by atoms with E-state index in [0.717, 1.165) is 5.76 Å². The van der Waals surface area contributed by atoms with Gasteiger partial charge in [-0.3, -0.25) is 4.79 Å². The van der Waals surface area contributed by atoms with Crippen molar-refractivity contribution in [3.63, 3.8) is 0 Å². The molecule has 0 atom stereocenters. The molecule has 0 bridgehead atoms. The molecule has 0 aliphatic carbocycles. The predicted octanol–water partition coefficient (Wildman–Crippen LogP) is 1.84. The van der Waals surface area contributed by atoms with Crippen LogP contribution in [-0.4, -0.2) is 19.6 Å². The molecule has 5 nitrogen and oxygen atoms in total. The summed E-state index contributed by atoms with van der Waals surface area (Å²) in [5, 5.41) is 2.80. The maximum absolute atomic E-state index is 12.0. The number of nitrogens with two attached hydrogens (primary N) is 1. The van der Waals surface area contributed by atoms with Crippen molar-refractivity contribution in [2.45, 2.75) is 6.42 Å². The van der Waals surface area contributed by atoms with E-state index in [1.54, 1.807) is 24.5 Å². The van der Waals surface area contributed by atoms with Crippen molar-refractivity contribution in [2.24, 2.45) is 0 Å². The van der Waals surface area contributed by atoms with Crippen LogP contribution in [0.1, 0.15) is 16.1 Å². The third-order valence-electron chi connectivity index (χ3n) is 2.73. The van der Waals surface area contributed by atoms with E-state index in [4.69, 9.17) is 14.9 Å². The van der Waals surface area contributed by atoms with Crippen LogP contribution >= 0.6 is 0 Å². The van der Waals surface area contributed by atoms with Crippen molar-refractivity contribution in [3.8, 4) is 5.75 Å². The molecule has 0 radical (unpaired) electrons. The van der Waals surface area contributed by atoms with Gasteiger partial charge in [0.2, 0.25) is 0 Å². The maximum Gasteiger partial charge on any atom is 0.255 e. The molecule has 1 aromatic heterocycles. The van der Waals surface area contributed by atoms with E-state index in [9.17, 15) is 4.79 Å². The fourth-order valence-electron chi connectivity index (χ4n) is 1.81. The molecule has 0 aliphatic rings. The molecule has 1 heterocycles. The average molecular weight is 260 g/mol. The zero-order valence-corrected chi connectivity index (χ0v) is 10.7. The summed E-state index contributed by atoms with van der Waals surface area (Å²) in [6, 6.07) is 8.78. The number of rotatable bonds is 5. The molecule has 0 saturated heterocycles. The predicted molar refractivity (Wildman–Crippen MR) is 72.2 cm³/mol. The summed E-state index contributed by atoms with van der Waals surface area (Å²) in [4.78, 5) is 12.0. The number of methoxy groups -OCH3 is 1. The second kappa shape index (κ2) is 5.95. The van der Waals surface area contributed by atoms with E-state index in [1.807, 2.05) is 12.1 Å². The first kappa shape index (κ1) is 13.0. The first-order chi connectivity index (χ1) is 9.22. The van der Waals surface area contributed by atoms with Gasteiger partial charge in [-0.05, 0) is 24.3 Å². The highest BCUT2D eigenvalue weighted by Crippen LogP contribution is 2.25. The fraction of sp³-hybridized carbons (Fsp3) is 0.214. The summed E-state index contributed by atoms with van der Waals surface area (Å²) < 4.78 is 10.3. The molecular formula is C14H16N2O3. The minimum absolute atomic E-state index is 0.212. The molecule has 3 N–H and O–H groups in total. The first-order valence-corrected chi connectivity index (χ1v) is 5.95. The minimum atomic E-state index is -0.212. The van der Waals surface area contributed by atoms with Gasteiger partial charge in [0.25, 0.3) is 5.91 Å². The molecule has 19 heavy (non-hydrogen) atoms. The monoisotopic (exact) mass is 260 g/mol. The lowest BCUT2D eigenvalue weighted by Gasteiger charge is -2.10. The van der Waals surface area contributed by atoms with Crippen molar-refractivity contribution >= 4 is 11.6 Å². The number of furan rings is 1. The Balaban J connectivity index is 1.98. The van der Waals surface area contributed by atoms with Crippen LogP contribution in [0, 0.1) is 0 Å². The van der Waals surface area contributed by atoms with Gasteiger partial charge in [-0.1, -0.05) is 6.07 Å². The van der Waals surface area contributed by atoms with E-state index >= 15 is 0 Å². The summed E-state index contributed by atoms with van der Waals surface area (Å²) in [6.45, 7) is 0.490. The number of anilines is 1. The molecule has 1 aromatic carbocycles. The van der Waals surface area contributed by atoms with E-state index in [-0.39, 0.29) is 5.91 Å². The number of carbonyl (C=O) groups excluding carboxylic acids is 1. The van der Waals surface area contributed by atoms with Gasteiger partial charge < -0.3 is 20.2 Å². The van der Waals surface area contributed by atoms with Gasteiger partial charge in [0.1, 0.15) is 5.76 Å². The lowest BCUT2D eigenvalue weighted by molar-refractivity contribution is 0.0951. The van der Waals surface area contributed by atoms with E-state index < -0.39 is 0 Å². The van der Waals surface area contributed by atoms with E-state index in [2.05, 4.69) is 5.32 Å². The Kier molecular flexibility index (Phi) is 4.07. The highest BCUT2D eigenvalue weighted by atomic mass is 16.5. The van der Waals surface area contributed by atoms with Crippen molar-refractivity contribution in [1.82, 2.24) is 5.32 Å². The van der Waals surface area contributed by atoms with Gasteiger partial charge >= 0.3 is 0 Å². The van der Waals surface area contributed by atoms with Crippen LogP contribution in [0.4, 0.5) is 5.69 Å². The number of nitrogen functional groups attached to an aromatic ring is 1.